The maximum Gasteiger partial charge on any atom is 0.0465 e. The SMILES string of the molecule is CCNC(Cc1ccncc1)C(C)CCOC. The van der Waals surface area contributed by atoms with Gasteiger partial charge in [-0.3, -0.25) is 4.98 Å². The highest BCUT2D eigenvalue weighted by Crippen LogP contribution is 2.13. The summed E-state index contributed by atoms with van der Waals surface area (Å²) in [6, 6.07) is 4.69. The van der Waals surface area contributed by atoms with Crippen molar-refractivity contribution in [1.29, 1.82) is 0 Å². The van der Waals surface area contributed by atoms with E-state index >= 15 is 0 Å². The first kappa shape index (κ1) is 14.1. The van der Waals surface area contributed by atoms with E-state index in [0.717, 1.165) is 26.0 Å². The zero-order chi connectivity index (χ0) is 12.5. The predicted molar refractivity (Wildman–Crippen MR) is 71.1 cm³/mol. The Morgan fingerprint density at radius 2 is 2.06 bits per heavy atom. The second kappa shape index (κ2) is 8.20. The van der Waals surface area contributed by atoms with Crippen LogP contribution in [0.1, 0.15) is 25.8 Å². The number of rotatable bonds is 8. The van der Waals surface area contributed by atoms with Crippen molar-refractivity contribution in [2.45, 2.75) is 32.7 Å². The number of hydrogen-bond acceptors (Lipinski definition) is 3. The largest absolute Gasteiger partial charge is 0.385 e. The topological polar surface area (TPSA) is 34.2 Å². The molecule has 1 rings (SSSR count). The summed E-state index contributed by atoms with van der Waals surface area (Å²) in [4.78, 5) is 4.05. The van der Waals surface area contributed by atoms with Crippen LogP contribution in [0.5, 0.6) is 0 Å². The maximum absolute atomic E-state index is 5.15. The molecule has 1 aromatic rings. The molecular formula is C14H24N2O. The van der Waals surface area contributed by atoms with Gasteiger partial charge >= 0.3 is 0 Å². The molecular weight excluding hydrogens is 212 g/mol. The highest BCUT2D eigenvalue weighted by Gasteiger charge is 2.16. The zero-order valence-electron chi connectivity index (χ0n) is 11.1. The first-order valence-electron chi connectivity index (χ1n) is 6.39. The Labute approximate surface area is 105 Å². The van der Waals surface area contributed by atoms with Crippen LogP contribution in [0.3, 0.4) is 0 Å². The number of nitrogens with zero attached hydrogens (tertiary/aromatic N) is 1. The molecule has 0 amide bonds. The van der Waals surface area contributed by atoms with Crippen LogP contribution in [0.2, 0.25) is 0 Å². The third-order valence-electron chi connectivity index (χ3n) is 3.14. The van der Waals surface area contributed by atoms with Crippen molar-refractivity contribution in [3.05, 3.63) is 30.1 Å². The average molecular weight is 236 g/mol. The van der Waals surface area contributed by atoms with Crippen LogP contribution in [0, 0.1) is 5.92 Å². The van der Waals surface area contributed by atoms with Crippen molar-refractivity contribution in [2.24, 2.45) is 5.92 Å². The quantitative estimate of drug-likeness (QED) is 0.752. The third-order valence-corrected chi connectivity index (χ3v) is 3.14. The van der Waals surface area contributed by atoms with E-state index in [9.17, 15) is 0 Å². The fourth-order valence-electron chi connectivity index (χ4n) is 2.01. The summed E-state index contributed by atoms with van der Waals surface area (Å²) in [6.07, 6.45) is 5.87. The van der Waals surface area contributed by atoms with Crippen LogP contribution >= 0.6 is 0 Å². The van der Waals surface area contributed by atoms with E-state index in [-0.39, 0.29) is 0 Å². The summed E-state index contributed by atoms with van der Waals surface area (Å²) in [7, 11) is 1.76. The molecule has 0 aliphatic carbocycles. The number of ether oxygens (including phenoxy) is 1. The summed E-state index contributed by atoms with van der Waals surface area (Å²) in [6.45, 7) is 6.28. The Morgan fingerprint density at radius 1 is 1.35 bits per heavy atom. The molecule has 0 aliphatic rings. The van der Waals surface area contributed by atoms with E-state index in [4.69, 9.17) is 4.74 Å². The molecule has 2 unspecified atom stereocenters. The lowest BCUT2D eigenvalue weighted by molar-refractivity contribution is 0.170. The van der Waals surface area contributed by atoms with Gasteiger partial charge in [0.1, 0.15) is 0 Å². The number of likely N-dealkylation sites (N-methyl/N-ethyl adjacent to an activating group) is 1. The third kappa shape index (κ3) is 5.29. The van der Waals surface area contributed by atoms with Crippen molar-refractivity contribution in [1.82, 2.24) is 10.3 Å². The molecule has 3 nitrogen and oxygen atoms in total. The van der Waals surface area contributed by atoms with Gasteiger partial charge in [0.15, 0.2) is 0 Å². The molecule has 1 aromatic heterocycles. The Balaban J connectivity index is 2.53. The van der Waals surface area contributed by atoms with Gasteiger partial charge in [0.25, 0.3) is 0 Å². The molecule has 96 valence electrons. The Morgan fingerprint density at radius 3 is 2.65 bits per heavy atom. The van der Waals surface area contributed by atoms with E-state index in [2.05, 4.69) is 36.3 Å². The van der Waals surface area contributed by atoms with E-state index in [1.54, 1.807) is 7.11 Å². The first-order valence-corrected chi connectivity index (χ1v) is 6.39. The minimum absolute atomic E-state index is 0.512. The average Bonchev–Trinajstić information content (AvgIpc) is 2.36. The van der Waals surface area contributed by atoms with Gasteiger partial charge in [0.05, 0.1) is 0 Å². The number of pyridine rings is 1. The molecule has 1 heterocycles. The van der Waals surface area contributed by atoms with Gasteiger partial charge < -0.3 is 10.1 Å². The van der Waals surface area contributed by atoms with Crippen LogP contribution < -0.4 is 5.32 Å². The second-order valence-corrected chi connectivity index (χ2v) is 4.48. The lowest BCUT2D eigenvalue weighted by Crippen LogP contribution is -2.37. The maximum atomic E-state index is 5.15. The fourth-order valence-corrected chi connectivity index (χ4v) is 2.01. The van der Waals surface area contributed by atoms with Gasteiger partial charge in [-0.1, -0.05) is 13.8 Å². The molecule has 0 spiro atoms. The van der Waals surface area contributed by atoms with Gasteiger partial charge in [-0.15, -0.1) is 0 Å². The molecule has 0 saturated heterocycles. The van der Waals surface area contributed by atoms with Crippen LogP contribution in [-0.2, 0) is 11.2 Å². The highest BCUT2D eigenvalue weighted by atomic mass is 16.5. The van der Waals surface area contributed by atoms with Crippen LogP contribution in [0.15, 0.2) is 24.5 Å². The minimum Gasteiger partial charge on any atom is -0.385 e. The highest BCUT2D eigenvalue weighted by molar-refractivity contribution is 5.11. The number of hydrogen-bond donors (Lipinski definition) is 1. The van der Waals surface area contributed by atoms with Gasteiger partial charge in [-0.05, 0) is 43.0 Å². The second-order valence-electron chi connectivity index (χ2n) is 4.48. The lowest BCUT2D eigenvalue weighted by Gasteiger charge is -2.24. The monoisotopic (exact) mass is 236 g/mol. The van der Waals surface area contributed by atoms with Crippen molar-refractivity contribution in [3.8, 4) is 0 Å². The van der Waals surface area contributed by atoms with Crippen molar-refractivity contribution in [3.63, 3.8) is 0 Å². The van der Waals surface area contributed by atoms with Crippen LogP contribution in [0.25, 0.3) is 0 Å². The molecule has 1 N–H and O–H groups in total. The lowest BCUT2D eigenvalue weighted by atomic mass is 9.93. The molecule has 0 bridgehead atoms. The van der Waals surface area contributed by atoms with E-state index in [1.165, 1.54) is 5.56 Å². The summed E-state index contributed by atoms with van der Waals surface area (Å²) in [5, 5.41) is 3.56. The van der Waals surface area contributed by atoms with Gasteiger partial charge in [-0.2, -0.15) is 0 Å². The Bertz CT molecular complexity index is 290. The Hall–Kier alpha value is -0.930. The van der Waals surface area contributed by atoms with Crippen LogP contribution in [-0.4, -0.2) is 31.3 Å². The summed E-state index contributed by atoms with van der Waals surface area (Å²) in [5.41, 5.74) is 1.34. The number of nitrogens with one attached hydrogen (secondary N) is 1. The zero-order valence-corrected chi connectivity index (χ0v) is 11.1. The first-order chi connectivity index (χ1) is 8.27. The van der Waals surface area contributed by atoms with Crippen LogP contribution in [0.4, 0.5) is 0 Å². The minimum atomic E-state index is 0.512. The molecule has 3 heteroatoms. The normalized spacial score (nSPS) is 14.5. The number of aromatic nitrogens is 1. The standard InChI is InChI=1S/C14H24N2O/c1-4-16-14(12(2)7-10-17-3)11-13-5-8-15-9-6-13/h5-6,8-9,12,14,16H,4,7,10-11H2,1-3H3. The van der Waals surface area contributed by atoms with Crippen molar-refractivity contribution >= 4 is 0 Å². The molecule has 0 fully saturated rings. The summed E-state index contributed by atoms with van der Waals surface area (Å²) < 4.78 is 5.15. The van der Waals surface area contributed by atoms with Gasteiger partial charge in [-0.25, -0.2) is 0 Å². The molecule has 0 aromatic carbocycles. The fraction of sp³-hybridized carbons (Fsp3) is 0.643. The number of methoxy groups -OCH3 is 1. The van der Waals surface area contributed by atoms with E-state index in [0.29, 0.717) is 12.0 Å². The molecule has 0 radical (unpaired) electrons. The Kier molecular flexibility index (Phi) is 6.82. The van der Waals surface area contributed by atoms with Crippen molar-refractivity contribution < 1.29 is 4.74 Å². The van der Waals surface area contributed by atoms with Gasteiger partial charge in [0, 0.05) is 32.2 Å². The molecule has 2 atom stereocenters. The summed E-state index contributed by atoms with van der Waals surface area (Å²) in [5.74, 6) is 0.614. The molecule has 0 aliphatic heterocycles. The predicted octanol–water partition coefficient (Wildman–Crippen LogP) is 2.27. The molecule has 0 saturated carbocycles. The molecule has 17 heavy (non-hydrogen) atoms. The smallest absolute Gasteiger partial charge is 0.0465 e. The van der Waals surface area contributed by atoms with Gasteiger partial charge in [0.2, 0.25) is 0 Å². The van der Waals surface area contributed by atoms with E-state index < -0.39 is 0 Å². The summed E-state index contributed by atoms with van der Waals surface area (Å²) >= 11 is 0. The van der Waals surface area contributed by atoms with Crippen molar-refractivity contribution in [2.75, 3.05) is 20.3 Å². The van der Waals surface area contributed by atoms with E-state index in [1.807, 2.05) is 12.4 Å².